The fourth-order valence-electron chi connectivity index (χ4n) is 2.52. The van der Waals surface area contributed by atoms with Crippen LogP contribution in [-0.2, 0) is 0 Å². The zero-order valence-corrected chi connectivity index (χ0v) is 14.4. The van der Waals surface area contributed by atoms with Gasteiger partial charge in [0.05, 0.1) is 24.7 Å². The number of hydrogen-bond acceptors (Lipinski definition) is 5. The second kappa shape index (κ2) is 6.99. The Bertz CT molecular complexity index is 1000. The van der Waals surface area contributed by atoms with Crippen LogP contribution in [0.1, 0.15) is 21.5 Å². The average Bonchev–Trinajstić information content (AvgIpc) is 3.02. The number of anilines is 2. The van der Waals surface area contributed by atoms with Crippen LogP contribution in [0.25, 0.3) is 5.69 Å². The number of benzene rings is 2. The number of rotatable bonds is 4. The number of ether oxygens (including phenoxy) is 1. The van der Waals surface area contributed by atoms with Crippen LogP contribution in [-0.4, -0.2) is 22.8 Å². The van der Waals surface area contributed by atoms with E-state index in [0.29, 0.717) is 28.3 Å². The van der Waals surface area contributed by atoms with Crippen LogP contribution < -0.4 is 15.8 Å². The Labute approximate surface area is 150 Å². The molecule has 26 heavy (non-hydrogen) atoms. The summed E-state index contributed by atoms with van der Waals surface area (Å²) in [7, 11) is 1.55. The number of carbonyl (C=O) groups is 1. The van der Waals surface area contributed by atoms with Gasteiger partial charge in [0, 0.05) is 5.56 Å². The lowest BCUT2D eigenvalue weighted by Gasteiger charge is -2.11. The van der Waals surface area contributed by atoms with Gasteiger partial charge >= 0.3 is 0 Å². The molecule has 0 atom stereocenters. The minimum atomic E-state index is -0.258. The molecule has 0 saturated heterocycles. The number of nitrogen functional groups attached to an aromatic ring is 1. The molecule has 7 heteroatoms. The van der Waals surface area contributed by atoms with Crippen molar-refractivity contribution in [2.75, 3.05) is 18.2 Å². The van der Waals surface area contributed by atoms with Gasteiger partial charge in [-0.2, -0.15) is 10.4 Å². The summed E-state index contributed by atoms with van der Waals surface area (Å²) in [6, 6.07) is 14.3. The SMILES string of the molecule is COc1ccc(C)cc1NC(=O)c1ccc(-n2ncc(C#N)c2N)cc1. The van der Waals surface area contributed by atoms with Crippen LogP contribution in [0.4, 0.5) is 11.5 Å². The van der Waals surface area contributed by atoms with E-state index in [9.17, 15) is 4.79 Å². The number of aryl methyl sites for hydroxylation is 1. The van der Waals surface area contributed by atoms with E-state index in [0.717, 1.165) is 5.56 Å². The van der Waals surface area contributed by atoms with Crippen molar-refractivity contribution in [1.82, 2.24) is 9.78 Å². The zero-order chi connectivity index (χ0) is 18.7. The normalized spacial score (nSPS) is 10.2. The van der Waals surface area contributed by atoms with Gasteiger partial charge in [-0.15, -0.1) is 0 Å². The predicted octanol–water partition coefficient (Wildman–Crippen LogP) is 2.90. The van der Waals surface area contributed by atoms with E-state index in [1.54, 1.807) is 37.4 Å². The van der Waals surface area contributed by atoms with Crippen molar-refractivity contribution in [3.05, 3.63) is 65.4 Å². The summed E-state index contributed by atoms with van der Waals surface area (Å²) in [5, 5.41) is 15.9. The maximum Gasteiger partial charge on any atom is 0.255 e. The van der Waals surface area contributed by atoms with Gasteiger partial charge in [-0.05, 0) is 48.9 Å². The van der Waals surface area contributed by atoms with Gasteiger partial charge in [-0.1, -0.05) is 6.07 Å². The largest absolute Gasteiger partial charge is 0.495 e. The lowest BCUT2D eigenvalue weighted by atomic mass is 10.1. The molecule has 0 bridgehead atoms. The monoisotopic (exact) mass is 347 g/mol. The predicted molar refractivity (Wildman–Crippen MR) is 98.4 cm³/mol. The molecule has 130 valence electrons. The Morgan fingerprint density at radius 3 is 2.62 bits per heavy atom. The number of nitrogens with two attached hydrogens (primary N) is 1. The Balaban J connectivity index is 1.82. The minimum Gasteiger partial charge on any atom is -0.495 e. The van der Waals surface area contributed by atoms with Gasteiger partial charge in [0.2, 0.25) is 0 Å². The van der Waals surface area contributed by atoms with Gasteiger partial charge < -0.3 is 15.8 Å². The molecule has 0 fully saturated rings. The summed E-state index contributed by atoms with van der Waals surface area (Å²) in [5.41, 5.74) is 8.94. The Morgan fingerprint density at radius 1 is 1.27 bits per heavy atom. The van der Waals surface area contributed by atoms with Crippen molar-refractivity contribution in [2.45, 2.75) is 6.92 Å². The number of carbonyl (C=O) groups excluding carboxylic acids is 1. The third-order valence-electron chi connectivity index (χ3n) is 3.90. The standard InChI is InChI=1S/C19H17N5O2/c1-12-3-8-17(26-2)16(9-12)23-19(25)13-4-6-15(7-5-13)24-18(21)14(10-20)11-22-24/h3-9,11H,21H2,1-2H3,(H,23,25). The first-order chi connectivity index (χ1) is 12.5. The average molecular weight is 347 g/mol. The van der Waals surface area contributed by atoms with Crippen LogP contribution >= 0.6 is 0 Å². The summed E-state index contributed by atoms with van der Waals surface area (Å²) >= 11 is 0. The second-order valence-electron chi connectivity index (χ2n) is 5.67. The molecule has 0 aliphatic heterocycles. The van der Waals surface area contributed by atoms with Gasteiger partial charge in [0.25, 0.3) is 5.91 Å². The first kappa shape index (κ1) is 17.0. The summed E-state index contributed by atoms with van der Waals surface area (Å²) in [6.45, 7) is 1.94. The first-order valence-corrected chi connectivity index (χ1v) is 7.83. The highest BCUT2D eigenvalue weighted by molar-refractivity contribution is 6.05. The number of nitrogens with zero attached hydrogens (tertiary/aromatic N) is 3. The summed E-state index contributed by atoms with van der Waals surface area (Å²) < 4.78 is 6.72. The van der Waals surface area contributed by atoms with Gasteiger partial charge in [0.1, 0.15) is 23.2 Å². The molecule has 0 saturated carbocycles. The van der Waals surface area contributed by atoms with Gasteiger partial charge in [-0.3, -0.25) is 4.79 Å². The van der Waals surface area contributed by atoms with Crippen LogP contribution in [0.3, 0.4) is 0 Å². The summed E-state index contributed by atoms with van der Waals surface area (Å²) in [4.78, 5) is 12.5. The molecule has 0 aliphatic rings. The number of amides is 1. The van der Waals surface area contributed by atoms with E-state index in [4.69, 9.17) is 15.7 Å². The number of aromatic nitrogens is 2. The molecular weight excluding hydrogens is 330 g/mol. The number of nitrogens with one attached hydrogen (secondary N) is 1. The molecule has 0 radical (unpaired) electrons. The quantitative estimate of drug-likeness (QED) is 0.755. The van der Waals surface area contributed by atoms with Crippen molar-refractivity contribution in [2.24, 2.45) is 0 Å². The molecule has 0 spiro atoms. The molecule has 1 aromatic heterocycles. The van der Waals surface area contributed by atoms with Crippen LogP contribution in [0.5, 0.6) is 5.75 Å². The highest BCUT2D eigenvalue weighted by Gasteiger charge is 2.12. The third kappa shape index (κ3) is 3.21. The molecule has 0 aliphatic carbocycles. The highest BCUT2D eigenvalue weighted by Crippen LogP contribution is 2.26. The van der Waals surface area contributed by atoms with Gasteiger partial charge in [0.15, 0.2) is 0 Å². The fraction of sp³-hybridized carbons (Fsp3) is 0.105. The molecule has 1 heterocycles. The Hall–Kier alpha value is -3.79. The topological polar surface area (TPSA) is 106 Å². The maximum atomic E-state index is 12.5. The van der Waals surface area contributed by atoms with E-state index >= 15 is 0 Å². The van der Waals surface area contributed by atoms with Gasteiger partial charge in [-0.25, -0.2) is 4.68 Å². The number of hydrogen-bond donors (Lipinski definition) is 2. The van der Waals surface area contributed by atoms with E-state index in [1.165, 1.54) is 10.9 Å². The van der Waals surface area contributed by atoms with Crippen LogP contribution in [0.15, 0.2) is 48.7 Å². The van der Waals surface area contributed by atoms with E-state index in [-0.39, 0.29) is 11.7 Å². The zero-order valence-electron chi connectivity index (χ0n) is 14.4. The lowest BCUT2D eigenvalue weighted by molar-refractivity contribution is 0.102. The van der Waals surface area contributed by atoms with Crippen molar-refractivity contribution in [3.63, 3.8) is 0 Å². The van der Waals surface area contributed by atoms with Crippen molar-refractivity contribution >= 4 is 17.4 Å². The number of methoxy groups -OCH3 is 1. The van der Waals surface area contributed by atoms with Crippen molar-refractivity contribution in [3.8, 4) is 17.5 Å². The third-order valence-corrected chi connectivity index (χ3v) is 3.90. The summed E-state index contributed by atoms with van der Waals surface area (Å²) in [6.07, 6.45) is 1.40. The Morgan fingerprint density at radius 2 is 2.00 bits per heavy atom. The van der Waals surface area contributed by atoms with Crippen molar-refractivity contribution < 1.29 is 9.53 Å². The van der Waals surface area contributed by atoms with Crippen LogP contribution in [0, 0.1) is 18.3 Å². The molecule has 1 amide bonds. The molecule has 0 unspecified atom stereocenters. The minimum absolute atomic E-state index is 0.258. The molecule has 3 aromatic rings. The van der Waals surface area contributed by atoms with Crippen molar-refractivity contribution in [1.29, 1.82) is 5.26 Å². The molecule has 3 rings (SSSR count). The first-order valence-electron chi connectivity index (χ1n) is 7.83. The molecule has 7 nitrogen and oxygen atoms in total. The lowest BCUT2D eigenvalue weighted by Crippen LogP contribution is -2.13. The smallest absolute Gasteiger partial charge is 0.255 e. The summed E-state index contributed by atoms with van der Waals surface area (Å²) in [5.74, 6) is 0.592. The van der Waals surface area contributed by atoms with E-state index in [1.807, 2.05) is 25.1 Å². The van der Waals surface area contributed by atoms with E-state index < -0.39 is 0 Å². The number of nitriles is 1. The maximum absolute atomic E-state index is 12.5. The Kier molecular flexibility index (Phi) is 4.58. The second-order valence-corrected chi connectivity index (χ2v) is 5.67. The molecule has 2 aromatic carbocycles. The van der Waals surface area contributed by atoms with E-state index in [2.05, 4.69) is 10.4 Å². The highest BCUT2D eigenvalue weighted by atomic mass is 16.5. The molecular formula is C19H17N5O2. The fourth-order valence-corrected chi connectivity index (χ4v) is 2.52. The van der Waals surface area contributed by atoms with Crippen LogP contribution in [0.2, 0.25) is 0 Å². The molecule has 3 N–H and O–H groups in total.